The molecule has 0 nitrogen and oxygen atoms in total. The first kappa shape index (κ1) is 17.9. The van der Waals surface area contributed by atoms with E-state index in [-0.39, 0.29) is 0 Å². The first-order valence-electron chi connectivity index (χ1n) is 10.8. The molecule has 0 aliphatic carbocycles. The van der Waals surface area contributed by atoms with Gasteiger partial charge >= 0.3 is 0 Å². The van der Waals surface area contributed by atoms with Gasteiger partial charge in [0.25, 0.3) is 0 Å². The van der Waals surface area contributed by atoms with Crippen LogP contribution in [-0.2, 0) is 0 Å². The molecule has 6 rings (SSSR count). The predicted octanol–water partition coefficient (Wildman–Crippen LogP) is 8.78. The van der Waals surface area contributed by atoms with Gasteiger partial charge in [-0.15, -0.1) is 0 Å². The smallest absolute Gasteiger partial charge is 0.00264 e. The summed E-state index contributed by atoms with van der Waals surface area (Å²) in [4.78, 5) is 0. The van der Waals surface area contributed by atoms with Gasteiger partial charge in [0.1, 0.15) is 0 Å². The zero-order valence-corrected chi connectivity index (χ0v) is 17.5. The Morgan fingerprint density at radius 1 is 0.484 bits per heavy atom. The van der Waals surface area contributed by atoms with Crippen LogP contribution in [-0.4, -0.2) is 0 Å². The highest BCUT2D eigenvalue weighted by atomic mass is 14.1. The van der Waals surface area contributed by atoms with E-state index in [2.05, 4.69) is 122 Å². The molecule has 0 radical (unpaired) electrons. The van der Waals surface area contributed by atoms with Crippen molar-refractivity contribution >= 4 is 55.2 Å². The van der Waals surface area contributed by atoms with E-state index in [0.717, 1.165) is 0 Å². The van der Waals surface area contributed by atoms with Crippen LogP contribution in [0, 0.1) is 6.92 Å². The Balaban J connectivity index is 1.70. The number of aryl methyl sites for hydroxylation is 1. The Morgan fingerprint density at radius 3 is 1.97 bits per heavy atom. The van der Waals surface area contributed by atoms with Crippen LogP contribution >= 0.6 is 0 Å². The van der Waals surface area contributed by atoms with Crippen molar-refractivity contribution in [1.82, 2.24) is 0 Å². The minimum absolute atomic E-state index is 1.22. The average Bonchev–Trinajstić information content (AvgIpc) is 2.83. The molecule has 6 aromatic rings. The molecule has 0 aliphatic rings. The Bertz CT molecular complexity index is 1620. The molecular formula is C31H22. The quantitative estimate of drug-likeness (QED) is 0.203. The van der Waals surface area contributed by atoms with Crippen molar-refractivity contribution in [2.24, 2.45) is 0 Å². The van der Waals surface area contributed by atoms with Gasteiger partial charge in [-0.2, -0.15) is 0 Å². The zero-order valence-electron chi connectivity index (χ0n) is 17.5. The van der Waals surface area contributed by atoms with Gasteiger partial charge in [0, 0.05) is 0 Å². The molecule has 0 aromatic heterocycles. The topological polar surface area (TPSA) is 0 Å². The summed E-state index contributed by atoms with van der Waals surface area (Å²) in [5.41, 5.74) is 3.76. The summed E-state index contributed by atoms with van der Waals surface area (Å²) in [7, 11) is 0. The molecule has 6 aromatic carbocycles. The van der Waals surface area contributed by atoms with Crippen LogP contribution in [0.25, 0.3) is 55.2 Å². The maximum Gasteiger partial charge on any atom is -0.00264 e. The van der Waals surface area contributed by atoms with E-state index in [1.165, 1.54) is 59.8 Å². The molecule has 0 spiro atoms. The minimum Gasteiger partial charge on any atom is -0.0616 e. The van der Waals surface area contributed by atoms with Crippen molar-refractivity contribution in [2.75, 3.05) is 0 Å². The predicted molar refractivity (Wildman–Crippen MR) is 137 cm³/mol. The largest absolute Gasteiger partial charge is 0.0616 e. The van der Waals surface area contributed by atoms with Gasteiger partial charge in [-0.25, -0.2) is 0 Å². The number of benzene rings is 6. The number of hydrogen-bond donors (Lipinski definition) is 0. The summed E-state index contributed by atoms with van der Waals surface area (Å²) in [5, 5.41) is 10.4. The molecule has 0 heterocycles. The van der Waals surface area contributed by atoms with Gasteiger partial charge < -0.3 is 0 Å². The third-order valence-electron chi connectivity index (χ3n) is 6.31. The van der Waals surface area contributed by atoms with Crippen molar-refractivity contribution < 1.29 is 0 Å². The third kappa shape index (κ3) is 3.00. The molecule has 0 aliphatic heterocycles. The second-order valence-corrected chi connectivity index (χ2v) is 8.30. The van der Waals surface area contributed by atoms with Crippen LogP contribution in [0.1, 0.15) is 16.7 Å². The van der Waals surface area contributed by atoms with E-state index in [1.54, 1.807) is 0 Å². The van der Waals surface area contributed by atoms with Crippen LogP contribution in [0.2, 0.25) is 0 Å². The van der Waals surface area contributed by atoms with Crippen molar-refractivity contribution in [1.29, 1.82) is 0 Å². The van der Waals surface area contributed by atoms with Crippen LogP contribution < -0.4 is 0 Å². The fraction of sp³-hybridized carbons (Fsp3) is 0.0323. The van der Waals surface area contributed by atoms with E-state index in [9.17, 15) is 0 Å². The Labute approximate surface area is 182 Å². The lowest BCUT2D eigenvalue weighted by molar-refractivity contribution is 1.46. The van der Waals surface area contributed by atoms with E-state index in [0.29, 0.717) is 0 Å². The molecule has 0 bridgehead atoms. The second kappa shape index (κ2) is 7.11. The van der Waals surface area contributed by atoms with Gasteiger partial charge in [0.2, 0.25) is 0 Å². The molecule has 0 atom stereocenters. The molecule has 0 saturated heterocycles. The summed E-state index contributed by atoms with van der Waals surface area (Å²) >= 11 is 0. The molecule has 0 amide bonds. The molecule has 0 fully saturated rings. The number of hydrogen-bond acceptors (Lipinski definition) is 0. The highest BCUT2D eigenvalue weighted by Gasteiger charge is 2.10. The summed E-state index contributed by atoms with van der Waals surface area (Å²) < 4.78 is 0. The van der Waals surface area contributed by atoms with Gasteiger partial charge in [-0.1, -0.05) is 115 Å². The van der Waals surface area contributed by atoms with Crippen molar-refractivity contribution in [3.8, 4) is 0 Å². The summed E-state index contributed by atoms with van der Waals surface area (Å²) in [6.45, 7) is 2.12. The van der Waals surface area contributed by atoms with Crippen LogP contribution in [0.4, 0.5) is 0 Å². The molecule has 0 heteroatoms. The fourth-order valence-electron chi connectivity index (χ4n) is 4.71. The second-order valence-electron chi connectivity index (χ2n) is 8.30. The number of rotatable bonds is 2. The molecular weight excluding hydrogens is 372 g/mol. The highest BCUT2D eigenvalue weighted by molar-refractivity contribution is 6.25. The minimum atomic E-state index is 1.22. The van der Waals surface area contributed by atoms with Crippen LogP contribution in [0.15, 0.2) is 103 Å². The van der Waals surface area contributed by atoms with Crippen LogP contribution in [0.3, 0.4) is 0 Å². The monoisotopic (exact) mass is 394 g/mol. The Hall–Kier alpha value is -3.90. The first-order chi connectivity index (χ1) is 15.3. The molecule has 146 valence electrons. The maximum atomic E-state index is 2.37. The average molecular weight is 395 g/mol. The van der Waals surface area contributed by atoms with Gasteiger partial charge in [0.05, 0.1) is 0 Å². The Morgan fingerprint density at radius 2 is 1.13 bits per heavy atom. The van der Waals surface area contributed by atoms with Crippen molar-refractivity contribution in [3.05, 3.63) is 120 Å². The van der Waals surface area contributed by atoms with Gasteiger partial charge in [-0.05, 0) is 67.2 Å². The lowest BCUT2D eigenvalue weighted by Gasteiger charge is -2.12. The standard InChI is InChI=1S/C31H22/c1-21-10-12-22(13-11-21)14-15-25-20-30-29(28-9-5-4-7-26(25)28)19-18-24-17-16-23-6-2-3-8-27(23)31(24)30/h2-20H,1H3/b15-14-. The van der Waals surface area contributed by atoms with Crippen molar-refractivity contribution in [2.45, 2.75) is 6.92 Å². The van der Waals surface area contributed by atoms with E-state index < -0.39 is 0 Å². The molecule has 0 N–H and O–H groups in total. The third-order valence-corrected chi connectivity index (χ3v) is 6.31. The molecule has 31 heavy (non-hydrogen) atoms. The van der Waals surface area contributed by atoms with E-state index in [4.69, 9.17) is 0 Å². The Kier molecular flexibility index (Phi) is 4.11. The fourth-order valence-corrected chi connectivity index (χ4v) is 4.71. The zero-order chi connectivity index (χ0) is 20.8. The normalized spacial score (nSPS) is 11.9. The molecule has 0 unspecified atom stereocenters. The van der Waals surface area contributed by atoms with Crippen molar-refractivity contribution in [3.63, 3.8) is 0 Å². The lowest BCUT2D eigenvalue weighted by atomic mass is 9.91. The summed E-state index contributed by atoms with van der Waals surface area (Å²) in [6.07, 6.45) is 4.48. The SMILES string of the molecule is Cc1ccc(/C=C\c2cc3c(ccc4ccc5ccccc5c43)c3ccccc23)cc1. The molecule has 0 saturated carbocycles. The maximum absolute atomic E-state index is 2.37. The van der Waals surface area contributed by atoms with Crippen LogP contribution in [0.5, 0.6) is 0 Å². The van der Waals surface area contributed by atoms with Gasteiger partial charge in [0.15, 0.2) is 0 Å². The lowest BCUT2D eigenvalue weighted by Crippen LogP contribution is -1.86. The van der Waals surface area contributed by atoms with E-state index in [1.807, 2.05) is 0 Å². The summed E-state index contributed by atoms with van der Waals surface area (Å²) in [6, 6.07) is 37.5. The highest BCUT2D eigenvalue weighted by Crippen LogP contribution is 2.37. The van der Waals surface area contributed by atoms with E-state index >= 15 is 0 Å². The number of fused-ring (bicyclic) bond motifs is 7. The first-order valence-corrected chi connectivity index (χ1v) is 10.8. The van der Waals surface area contributed by atoms with Gasteiger partial charge in [-0.3, -0.25) is 0 Å². The summed E-state index contributed by atoms with van der Waals surface area (Å²) in [5.74, 6) is 0.